The molecule has 0 unspecified atom stereocenters. The van der Waals surface area contributed by atoms with E-state index in [0.29, 0.717) is 11.1 Å². The molecule has 9 aromatic rings. The topological polar surface area (TPSA) is 144 Å². The quantitative estimate of drug-likeness (QED) is 0.0473. The van der Waals surface area contributed by atoms with Crippen LogP contribution >= 0.6 is 0 Å². The number of nitrogens with zero attached hydrogens (tertiary/aromatic N) is 2. The molecule has 9 rings (SSSR count). The van der Waals surface area contributed by atoms with Crippen LogP contribution in [0.15, 0.2) is 218 Å². The summed E-state index contributed by atoms with van der Waals surface area (Å²) in [6.07, 6.45) is 0. The number of nitrogens with one attached hydrogen (secondary N) is 8. The largest absolute Gasteiger partial charge is 0.356 e. The average Bonchev–Trinajstić information content (AvgIpc) is 3.36. The highest BCUT2D eigenvalue weighted by molar-refractivity contribution is 5.73. The molecule has 318 valence electrons. The van der Waals surface area contributed by atoms with Gasteiger partial charge in [0, 0.05) is 91.0 Å². The zero-order chi connectivity index (χ0) is 44.9. The molecule has 8 N–H and O–H groups in total. The van der Waals surface area contributed by atoms with Crippen molar-refractivity contribution in [2.75, 3.05) is 42.5 Å². The standard InChI is InChI=1S/C56H44N10/c57-37-39-1-5-41(6-2-39)59-43-9-13-45(14-10-43)61-47-17-21-49(22-18-47)63-51-25-29-53(30-26-51)65-55-33-35-56(36-34-55)66-54-31-27-52(28-32-54)64-50-23-19-48(20-24-50)62-46-15-11-44(12-16-46)60-42-7-3-40(38-58)4-8-42/h1-36,59-66H. The Morgan fingerprint density at radius 1 is 0.167 bits per heavy atom. The van der Waals surface area contributed by atoms with E-state index >= 15 is 0 Å². The molecule has 10 nitrogen and oxygen atoms in total. The second-order valence-corrected chi connectivity index (χ2v) is 15.4. The predicted octanol–water partition coefficient (Wildman–Crippen LogP) is 15.4. The third kappa shape index (κ3) is 11.4. The van der Waals surface area contributed by atoms with Crippen molar-refractivity contribution in [2.24, 2.45) is 0 Å². The third-order valence-electron chi connectivity index (χ3n) is 10.5. The molecule has 0 aliphatic heterocycles. The Bertz CT molecular complexity index is 2850. The van der Waals surface area contributed by atoms with Gasteiger partial charge in [-0.1, -0.05) is 0 Å². The van der Waals surface area contributed by atoms with E-state index in [-0.39, 0.29) is 0 Å². The van der Waals surface area contributed by atoms with Gasteiger partial charge in [-0.05, 0) is 218 Å². The Morgan fingerprint density at radius 3 is 0.348 bits per heavy atom. The molecule has 0 spiro atoms. The Morgan fingerprint density at radius 2 is 0.258 bits per heavy atom. The van der Waals surface area contributed by atoms with Gasteiger partial charge in [0.15, 0.2) is 0 Å². The van der Waals surface area contributed by atoms with E-state index in [2.05, 4.69) is 176 Å². The van der Waals surface area contributed by atoms with Gasteiger partial charge in [-0.2, -0.15) is 10.5 Å². The summed E-state index contributed by atoms with van der Waals surface area (Å²) in [5.41, 5.74) is 17.0. The highest BCUT2D eigenvalue weighted by Gasteiger charge is 2.04. The highest BCUT2D eigenvalue weighted by Crippen LogP contribution is 2.29. The molecule has 0 bridgehead atoms. The Balaban J connectivity index is 0.697. The van der Waals surface area contributed by atoms with Crippen LogP contribution in [-0.2, 0) is 0 Å². The minimum absolute atomic E-state index is 0.638. The van der Waals surface area contributed by atoms with Crippen LogP contribution in [0, 0.1) is 22.7 Å². The monoisotopic (exact) mass is 856 g/mol. The van der Waals surface area contributed by atoms with Crippen molar-refractivity contribution in [3.05, 3.63) is 230 Å². The van der Waals surface area contributed by atoms with E-state index in [1.54, 1.807) is 24.3 Å². The van der Waals surface area contributed by atoms with Crippen LogP contribution in [0.4, 0.5) is 91.0 Å². The van der Waals surface area contributed by atoms with Crippen molar-refractivity contribution in [1.29, 1.82) is 10.5 Å². The van der Waals surface area contributed by atoms with Crippen LogP contribution in [0.1, 0.15) is 11.1 Å². The molecule has 10 heteroatoms. The number of hydrogen-bond donors (Lipinski definition) is 8. The van der Waals surface area contributed by atoms with Crippen LogP contribution in [0.3, 0.4) is 0 Å². The molecule has 66 heavy (non-hydrogen) atoms. The summed E-state index contributed by atoms with van der Waals surface area (Å²) in [4.78, 5) is 0. The first-order valence-corrected chi connectivity index (χ1v) is 21.3. The molecule has 0 heterocycles. The summed E-state index contributed by atoms with van der Waals surface area (Å²) in [6.45, 7) is 0. The highest BCUT2D eigenvalue weighted by atomic mass is 14.9. The third-order valence-corrected chi connectivity index (χ3v) is 10.5. The van der Waals surface area contributed by atoms with E-state index in [0.717, 1.165) is 91.0 Å². The lowest BCUT2D eigenvalue weighted by Crippen LogP contribution is -1.95. The minimum Gasteiger partial charge on any atom is -0.356 e. The number of anilines is 16. The molecular formula is C56H44N10. The number of rotatable bonds is 16. The van der Waals surface area contributed by atoms with Gasteiger partial charge in [0.2, 0.25) is 0 Å². The summed E-state index contributed by atoms with van der Waals surface area (Å²) >= 11 is 0. The van der Waals surface area contributed by atoms with E-state index in [4.69, 9.17) is 10.5 Å². The van der Waals surface area contributed by atoms with Crippen LogP contribution < -0.4 is 42.5 Å². The maximum absolute atomic E-state index is 9.01. The second-order valence-electron chi connectivity index (χ2n) is 15.4. The van der Waals surface area contributed by atoms with E-state index in [9.17, 15) is 0 Å². The summed E-state index contributed by atoms with van der Waals surface area (Å²) in [5.74, 6) is 0. The van der Waals surface area contributed by atoms with Crippen LogP contribution in [0.2, 0.25) is 0 Å². The zero-order valence-corrected chi connectivity index (χ0v) is 35.7. The van der Waals surface area contributed by atoms with Crippen molar-refractivity contribution in [3.8, 4) is 12.1 Å². The lowest BCUT2D eigenvalue weighted by molar-refractivity contribution is 1.47. The van der Waals surface area contributed by atoms with Crippen LogP contribution in [0.25, 0.3) is 0 Å². The molecule has 0 aliphatic carbocycles. The lowest BCUT2D eigenvalue weighted by Gasteiger charge is -2.13. The van der Waals surface area contributed by atoms with Crippen molar-refractivity contribution in [3.63, 3.8) is 0 Å². The summed E-state index contributed by atoms with van der Waals surface area (Å²) < 4.78 is 0. The van der Waals surface area contributed by atoms with Gasteiger partial charge in [0.25, 0.3) is 0 Å². The molecule has 0 radical (unpaired) electrons. The SMILES string of the molecule is N#Cc1ccc(Nc2ccc(Nc3ccc(Nc4ccc(Nc5ccc(Nc6ccc(Nc7ccc(Nc8ccc(Nc9ccc(C#N)cc9)cc8)cc7)cc6)cc5)cc4)cc3)cc2)cc1. The van der Waals surface area contributed by atoms with Gasteiger partial charge in [-0.25, -0.2) is 0 Å². The van der Waals surface area contributed by atoms with Crippen molar-refractivity contribution >= 4 is 91.0 Å². The molecule has 0 aromatic heterocycles. The molecule has 0 saturated carbocycles. The Kier molecular flexibility index (Phi) is 12.7. The molecular weight excluding hydrogens is 813 g/mol. The molecule has 9 aromatic carbocycles. The van der Waals surface area contributed by atoms with E-state index < -0.39 is 0 Å². The Hall–Kier alpha value is -9.64. The predicted molar refractivity (Wildman–Crippen MR) is 274 cm³/mol. The maximum Gasteiger partial charge on any atom is 0.0991 e. The molecule has 0 amide bonds. The molecule has 0 saturated heterocycles. The fourth-order valence-corrected chi connectivity index (χ4v) is 7.05. The van der Waals surface area contributed by atoms with Crippen LogP contribution in [0.5, 0.6) is 0 Å². The number of benzene rings is 9. The number of nitriles is 2. The van der Waals surface area contributed by atoms with E-state index in [1.807, 2.05) is 72.8 Å². The van der Waals surface area contributed by atoms with Gasteiger partial charge in [0.05, 0.1) is 23.3 Å². The zero-order valence-electron chi connectivity index (χ0n) is 35.7. The van der Waals surface area contributed by atoms with Gasteiger partial charge >= 0.3 is 0 Å². The molecule has 0 fully saturated rings. The first-order chi connectivity index (χ1) is 32.5. The van der Waals surface area contributed by atoms with Gasteiger partial charge in [0.1, 0.15) is 0 Å². The first-order valence-electron chi connectivity index (χ1n) is 21.3. The number of hydrogen-bond acceptors (Lipinski definition) is 10. The fraction of sp³-hybridized carbons (Fsp3) is 0. The van der Waals surface area contributed by atoms with Crippen molar-refractivity contribution < 1.29 is 0 Å². The van der Waals surface area contributed by atoms with Gasteiger partial charge < -0.3 is 42.5 Å². The molecule has 0 aliphatic rings. The first kappa shape index (κ1) is 41.7. The van der Waals surface area contributed by atoms with Gasteiger partial charge in [-0.15, -0.1) is 0 Å². The Labute approximate surface area is 384 Å². The second kappa shape index (κ2) is 20.0. The molecule has 0 atom stereocenters. The van der Waals surface area contributed by atoms with Crippen molar-refractivity contribution in [2.45, 2.75) is 0 Å². The average molecular weight is 857 g/mol. The van der Waals surface area contributed by atoms with Crippen LogP contribution in [-0.4, -0.2) is 0 Å². The minimum atomic E-state index is 0.638. The smallest absolute Gasteiger partial charge is 0.0991 e. The normalized spacial score (nSPS) is 10.4. The summed E-state index contributed by atoms with van der Waals surface area (Å²) in [7, 11) is 0. The van der Waals surface area contributed by atoms with Gasteiger partial charge in [-0.3, -0.25) is 0 Å². The summed E-state index contributed by atoms with van der Waals surface area (Å²) in [6, 6.07) is 76.4. The fourth-order valence-electron chi connectivity index (χ4n) is 7.05. The maximum atomic E-state index is 9.01. The summed E-state index contributed by atoms with van der Waals surface area (Å²) in [5, 5.41) is 45.6. The van der Waals surface area contributed by atoms with E-state index in [1.165, 1.54) is 0 Å². The van der Waals surface area contributed by atoms with Crippen molar-refractivity contribution in [1.82, 2.24) is 0 Å². The lowest BCUT2D eigenvalue weighted by atomic mass is 10.2.